The predicted molar refractivity (Wildman–Crippen MR) is 54.8 cm³/mol. The second kappa shape index (κ2) is 3.17. The normalized spacial score (nSPS) is 14.8. The largest absolute Gasteiger partial charge is 0.497 e. The van der Waals surface area contributed by atoms with Crippen molar-refractivity contribution in [3.63, 3.8) is 0 Å². The third kappa shape index (κ3) is 1.41. The van der Waals surface area contributed by atoms with Crippen molar-refractivity contribution in [2.24, 2.45) is 0 Å². The third-order valence-electron chi connectivity index (χ3n) is 2.38. The van der Waals surface area contributed by atoms with Crippen molar-refractivity contribution in [1.82, 2.24) is 0 Å². The Morgan fingerprint density at radius 1 is 1.46 bits per heavy atom. The first-order valence-corrected chi connectivity index (χ1v) is 4.44. The third-order valence-corrected chi connectivity index (χ3v) is 2.38. The van der Waals surface area contributed by atoms with Gasteiger partial charge in [-0.3, -0.25) is 0 Å². The molecular formula is C10H14N2O. The van der Waals surface area contributed by atoms with Crippen molar-refractivity contribution in [2.75, 3.05) is 37.5 Å². The molecule has 1 aromatic carbocycles. The van der Waals surface area contributed by atoms with Gasteiger partial charge in [-0.2, -0.15) is 0 Å². The van der Waals surface area contributed by atoms with Crippen molar-refractivity contribution >= 4 is 11.4 Å². The fourth-order valence-corrected chi connectivity index (χ4v) is 1.60. The van der Waals surface area contributed by atoms with E-state index in [0.717, 1.165) is 24.5 Å². The Bertz CT molecular complexity index is 312. The van der Waals surface area contributed by atoms with Crippen LogP contribution >= 0.6 is 0 Å². The average molecular weight is 178 g/mol. The lowest BCUT2D eigenvalue weighted by Gasteiger charge is -2.28. The molecule has 0 atom stereocenters. The summed E-state index contributed by atoms with van der Waals surface area (Å²) in [6.45, 7) is 2.05. The van der Waals surface area contributed by atoms with E-state index in [1.807, 2.05) is 12.1 Å². The SMILES string of the molecule is COc1ccc2c(c1)NCCN2C. The molecule has 0 unspecified atom stereocenters. The standard InChI is InChI=1S/C10H14N2O/c1-12-6-5-11-9-7-8(13-2)3-4-10(9)12/h3-4,7,11H,5-6H2,1-2H3. The zero-order chi connectivity index (χ0) is 9.26. The molecule has 2 rings (SSSR count). The van der Waals surface area contributed by atoms with Crippen LogP contribution in [0, 0.1) is 0 Å². The highest BCUT2D eigenvalue weighted by atomic mass is 16.5. The molecule has 70 valence electrons. The lowest BCUT2D eigenvalue weighted by Crippen LogP contribution is -2.30. The predicted octanol–water partition coefficient (Wildman–Crippen LogP) is 1.56. The summed E-state index contributed by atoms with van der Waals surface area (Å²) < 4.78 is 5.16. The van der Waals surface area contributed by atoms with Gasteiger partial charge in [-0.15, -0.1) is 0 Å². The van der Waals surface area contributed by atoms with Crippen LogP contribution in [0.4, 0.5) is 11.4 Å². The number of hydrogen-bond acceptors (Lipinski definition) is 3. The van der Waals surface area contributed by atoms with Gasteiger partial charge >= 0.3 is 0 Å². The number of rotatable bonds is 1. The number of anilines is 2. The average Bonchev–Trinajstić information content (AvgIpc) is 2.18. The van der Waals surface area contributed by atoms with E-state index >= 15 is 0 Å². The van der Waals surface area contributed by atoms with E-state index < -0.39 is 0 Å². The highest BCUT2D eigenvalue weighted by molar-refractivity contribution is 5.73. The summed E-state index contributed by atoms with van der Waals surface area (Å²) in [5.41, 5.74) is 2.40. The summed E-state index contributed by atoms with van der Waals surface area (Å²) in [4.78, 5) is 2.24. The molecule has 13 heavy (non-hydrogen) atoms. The van der Waals surface area contributed by atoms with Gasteiger partial charge < -0.3 is 15.0 Å². The molecule has 1 aromatic rings. The van der Waals surface area contributed by atoms with Crippen molar-refractivity contribution in [3.8, 4) is 5.75 Å². The summed E-state index contributed by atoms with van der Waals surface area (Å²) in [5.74, 6) is 0.904. The molecule has 3 heteroatoms. The Balaban J connectivity index is 2.39. The van der Waals surface area contributed by atoms with Crippen LogP contribution in [-0.2, 0) is 0 Å². The summed E-state index contributed by atoms with van der Waals surface area (Å²) in [7, 11) is 3.79. The van der Waals surface area contributed by atoms with E-state index in [2.05, 4.69) is 23.3 Å². The monoisotopic (exact) mass is 178 g/mol. The lowest BCUT2D eigenvalue weighted by molar-refractivity contribution is 0.415. The van der Waals surface area contributed by atoms with E-state index in [-0.39, 0.29) is 0 Å². The highest BCUT2D eigenvalue weighted by Gasteiger charge is 2.12. The van der Waals surface area contributed by atoms with Crippen molar-refractivity contribution in [2.45, 2.75) is 0 Å². The van der Waals surface area contributed by atoms with Crippen LogP contribution in [0.15, 0.2) is 18.2 Å². The van der Waals surface area contributed by atoms with E-state index in [1.54, 1.807) is 7.11 Å². The molecule has 1 N–H and O–H groups in total. The molecule has 1 heterocycles. The number of fused-ring (bicyclic) bond motifs is 1. The molecule has 0 amide bonds. The van der Waals surface area contributed by atoms with Gasteiger partial charge in [0.2, 0.25) is 0 Å². The quantitative estimate of drug-likeness (QED) is 0.706. The fraction of sp³-hybridized carbons (Fsp3) is 0.400. The summed E-state index contributed by atoms with van der Waals surface area (Å²) in [6.07, 6.45) is 0. The summed E-state index contributed by atoms with van der Waals surface area (Å²) >= 11 is 0. The molecule has 3 nitrogen and oxygen atoms in total. The van der Waals surface area contributed by atoms with E-state index in [4.69, 9.17) is 4.74 Å². The molecule has 0 aliphatic carbocycles. The topological polar surface area (TPSA) is 24.5 Å². The molecule has 0 spiro atoms. The first kappa shape index (κ1) is 8.23. The lowest BCUT2D eigenvalue weighted by atomic mass is 10.2. The minimum absolute atomic E-state index is 0.904. The number of nitrogens with one attached hydrogen (secondary N) is 1. The van der Waals surface area contributed by atoms with E-state index in [1.165, 1.54) is 5.69 Å². The number of methoxy groups -OCH3 is 1. The van der Waals surface area contributed by atoms with Gasteiger partial charge in [0.25, 0.3) is 0 Å². The number of hydrogen-bond donors (Lipinski definition) is 1. The number of ether oxygens (including phenoxy) is 1. The van der Waals surface area contributed by atoms with Crippen LogP contribution < -0.4 is 15.0 Å². The first-order chi connectivity index (χ1) is 6.31. The van der Waals surface area contributed by atoms with Crippen molar-refractivity contribution < 1.29 is 4.74 Å². The Morgan fingerprint density at radius 2 is 2.31 bits per heavy atom. The van der Waals surface area contributed by atoms with Gasteiger partial charge in [0.05, 0.1) is 18.5 Å². The number of benzene rings is 1. The van der Waals surface area contributed by atoms with Gasteiger partial charge in [-0.05, 0) is 12.1 Å². The van der Waals surface area contributed by atoms with Crippen LogP contribution in [-0.4, -0.2) is 27.2 Å². The maximum atomic E-state index is 5.16. The number of likely N-dealkylation sites (N-methyl/N-ethyl adjacent to an activating group) is 1. The molecule has 0 saturated heterocycles. The van der Waals surface area contributed by atoms with Crippen molar-refractivity contribution in [1.29, 1.82) is 0 Å². The van der Waals surface area contributed by atoms with Gasteiger partial charge in [0.15, 0.2) is 0 Å². The minimum Gasteiger partial charge on any atom is -0.497 e. The fourth-order valence-electron chi connectivity index (χ4n) is 1.60. The van der Waals surface area contributed by atoms with Crippen LogP contribution in [0.5, 0.6) is 5.75 Å². The van der Waals surface area contributed by atoms with Crippen LogP contribution in [0.25, 0.3) is 0 Å². The summed E-state index contributed by atoms with van der Waals surface area (Å²) in [6, 6.07) is 6.10. The van der Waals surface area contributed by atoms with Gasteiger partial charge in [0.1, 0.15) is 5.75 Å². The Labute approximate surface area is 78.3 Å². The molecular weight excluding hydrogens is 164 g/mol. The zero-order valence-corrected chi connectivity index (χ0v) is 8.00. The second-order valence-electron chi connectivity index (χ2n) is 3.23. The van der Waals surface area contributed by atoms with Crippen molar-refractivity contribution in [3.05, 3.63) is 18.2 Å². The molecule has 0 fully saturated rings. The molecule has 1 aliphatic rings. The molecule has 0 aromatic heterocycles. The maximum absolute atomic E-state index is 5.16. The Kier molecular flexibility index (Phi) is 2.00. The first-order valence-electron chi connectivity index (χ1n) is 4.44. The molecule has 1 aliphatic heterocycles. The van der Waals surface area contributed by atoms with Crippen LogP contribution in [0.1, 0.15) is 0 Å². The smallest absolute Gasteiger partial charge is 0.121 e. The van der Waals surface area contributed by atoms with Gasteiger partial charge in [-0.1, -0.05) is 0 Å². The minimum atomic E-state index is 0.904. The van der Waals surface area contributed by atoms with Crippen LogP contribution in [0.2, 0.25) is 0 Å². The highest BCUT2D eigenvalue weighted by Crippen LogP contribution is 2.31. The summed E-state index contributed by atoms with van der Waals surface area (Å²) in [5, 5.41) is 3.35. The number of nitrogens with zero attached hydrogens (tertiary/aromatic N) is 1. The van der Waals surface area contributed by atoms with E-state index in [9.17, 15) is 0 Å². The zero-order valence-electron chi connectivity index (χ0n) is 8.00. The molecule has 0 radical (unpaired) electrons. The van der Waals surface area contributed by atoms with Gasteiger partial charge in [0, 0.05) is 26.2 Å². The maximum Gasteiger partial charge on any atom is 0.121 e. The second-order valence-corrected chi connectivity index (χ2v) is 3.23. The molecule has 0 bridgehead atoms. The Morgan fingerprint density at radius 3 is 3.08 bits per heavy atom. The molecule has 0 saturated carbocycles. The van der Waals surface area contributed by atoms with E-state index in [0.29, 0.717) is 0 Å². The Hall–Kier alpha value is -1.38. The van der Waals surface area contributed by atoms with Crippen LogP contribution in [0.3, 0.4) is 0 Å². The van der Waals surface area contributed by atoms with Gasteiger partial charge in [-0.25, -0.2) is 0 Å².